The molecule has 0 saturated heterocycles. The summed E-state index contributed by atoms with van der Waals surface area (Å²) < 4.78 is 4.58. The van der Waals surface area contributed by atoms with Gasteiger partial charge in [0.1, 0.15) is 0 Å². The van der Waals surface area contributed by atoms with Crippen LogP contribution in [0.25, 0.3) is 0 Å². The van der Waals surface area contributed by atoms with Crippen molar-refractivity contribution >= 4 is 17.4 Å². The Balaban J connectivity index is 2.92. The van der Waals surface area contributed by atoms with E-state index in [1.807, 2.05) is 25.1 Å². The number of rotatable bonds is 5. The predicted molar refractivity (Wildman–Crippen MR) is 72.4 cm³/mol. The number of aliphatic hydroxyl groups is 1. The van der Waals surface area contributed by atoms with Crippen molar-refractivity contribution < 1.29 is 19.4 Å². The number of ketones is 1. The zero-order valence-corrected chi connectivity index (χ0v) is 11.2. The molecule has 5 heteroatoms. The number of esters is 1. The van der Waals surface area contributed by atoms with E-state index in [2.05, 4.69) is 4.74 Å². The van der Waals surface area contributed by atoms with Gasteiger partial charge in [-0.15, -0.1) is 0 Å². The van der Waals surface area contributed by atoms with Gasteiger partial charge in [0.15, 0.2) is 5.78 Å². The summed E-state index contributed by atoms with van der Waals surface area (Å²) >= 11 is 0. The number of hydrogen-bond donors (Lipinski definition) is 1. The minimum Gasteiger partial charge on any atom is -0.502 e. The third-order valence-electron chi connectivity index (χ3n) is 2.40. The number of anilines is 1. The van der Waals surface area contributed by atoms with Crippen molar-refractivity contribution in [1.29, 1.82) is 0 Å². The lowest BCUT2D eigenvalue weighted by Crippen LogP contribution is -2.11. The Morgan fingerprint density at radius 3 is 2.63 bits per heavy atom. The topological polar surface area (TPSA) is 66.8 Å². The summed E-state index contributed by atoms with van der Waals surface area (Å²) in [6.45, 7) is 1.76. The number of ether oxygens (including phenoxy) is 1. The van der Waals surface area contributed by atoms with Gasteiger partial charge in [0.25, 0.3) is 0 Å². The molecule has 1 N–H and O–H groups in total. The van der Waals surface area contributed by atoms with Crippen LogP contribution < -0.4 is 4.90 Å². The molecule has 0 radical (unpaired) electrons. The first-order valence-electron chi connectivity index (χ1n) is 5.85. The summed E-state index contributed by atoms with van der Waals surface area (Å²) in [5.41, 5.74) is 1.25. The Bertz CT molecular complexity index is 506. The highest BCUT2D eigenvalue weighted by Crippen LogP contribution is 2.14. The van der Waals surface area contributed by atoms with Crippen molar-refractivity contribution in [3.8, 4) is 0 Å². The molecule has 0 aliphatic rings. The molecular weight excluding hydrogens is 246 g/mol. The van der Waals surface area contributed by atoms with Gasteiger partial charge in [0, 0.05) is 31.4 Å². The van der Waals surface area contributed by atoms with Gasteiger partial charge in [-0.05, 0) is 19.1 Å². The molecule has 5 nitrogen and oxygen atoms in total. The first kappa shape index (κ1) is 14.8. The summed E-state index contributed by atoms with van der Waals surface area (Å²) in [6, 6.07) is 6.88. The molecule has 0 bridgehead atoms. The monoisotopic (exact) mass is 263 g/mol. The number of benzene rings is 1. The van der Waals surface area contributed by atoms with Gasteiger partial charge in [0.05, 0.1) is 6.61 Å². The Kier molecular flexibility index (Phi) is 5.11. The summed E-state index contributed by atoms with van der Waals surface area (Å²) in [5, 5.41) is 9.41. The van der Waals surface area contributed by atoms with E-state index in [0.29, 0.717) is 5.56 Å². The second kappa shape index (κ2) is 6.58. The van der Waals surface area contributed by atoms with Gasteiger partial charge >= 0.3 is 5.97 Å². The smallest absolute Gasteiger partial charge is 0.373 e. The Morgan fingerprint density at radius 1 is 1.37 bits per heavy atom. The van der Waals surface area contributed by atoms with Crippen molar-refractivity contribution in [1.82, 2.24) is 0 Å². The molecule has 1 aromatic carbocycles. The molecule has 1 rings (SSSR count). The minimum atomic E-state index is -0.903. The third kappa shape index (κ3) is 4.13. The van der Waals surface area contributed by atoms with Crippen molar-refractivity contribution in [2.75, 3.05) is 25.6 Å². The molecule has 0 spiro atoms. The van der Waals surface area contributed by atoms with Crippen molar-refractivity contribution in [3.63, 3.8) is 0 Å². The zero-order chi connectivity index (χ0) is 14.4. The van der Waals surface area contributed by atoms with Crippen molar-refractivity contribution in [2.24, 2.45) is 0 Å². The molecule has 102 valence electrons. The highest BCUT2D eigenvalue weighted by Gasteiger charge is 2.12. The fourth-order valence-electron chi connectivity index (χ4n) is 1.41. The second-order valence-corrected chi connectivity index (χ2v) is 4.06. The van der Waals surface area contributed by atoms with Crippen LogP contribution in [0.3, 0.4) is 0 Å². The van der Waals surface area contributed by atoms with E-state index in [1.165, 1.54) is 0 Å². The molecule has 0 aromatic heterocycles. The van der Waals surface area contributed by atoms with Crippen LogP contribution in [0.4, 0.5) is 5.69 Å². The van der Waals surface area contributed by atoms with Crippen LogP contribution >= 0.6 is 0 Å². The molecule has 0 saturated carbocycles. The zero-order valence-electron chi connectivity index (χ0n) is 11.2. The molecular formula is C14H17NO4. The van der Waals surface area contributed by atoms with E-state index in [0.717, 1.165) is 11.8 Å². The Labute approximate surface area is 112 Å². The summed E-state index contributed by atoms with van der Waals surface area (Å²) in [5.74, 6) is -2.05. The Morgan fingerprint density at radius 2 is 2.05 bits per heavy atom. The number of carbonyl (C=O) groups excluding carboxylic acids is 2. The number of aliphatic hydroxyl groups excluding tert-OH is 1. The SMILES string of the molecule is CCOC(=O)C(O)=CC(=O)c1cccc(N(C)C)c1. The summed E-state index contributed by atoms with van der Waals surface area (Å²) in [7, 11) is 3.71. The highest BCUT2D eigenvalue weighted by atomic mass is 16.5. The van der Waals surface area contributed by atoms with Gasteiger partial charge in [-0.2, -0.15) is 0 Å². The van der Waals surface area contributed by atoms with Crippen LogP contribution in [0.1, 0.15) is 17.3 Å². The van der Waals surface area contributed by atoms with E-state index in [-0.39, 0.29) is 6.61 Å². The lowest BCUT2D eigenvalue weighted by Gasteiger charge is -2.12. The minimum absolute atomic E-state index is 0.140. The van der Waals surface area contributed by atoms with Gasteiger partial charge in [-0.3, -0.25) is 4.79 Å². The number of carbonyl (C=O) groups is 2. The van der Waals surface area contributed by atoms with E-state index >= 15 is 0 Å². The van der Waals surface area contributed by atoms with E-state index in [4.69, 9.17) is 0 Å². The van der Waals surface area contributed by atoms with Gasteiger partial charge in [0.2, 0.25) is 5.76 Å². The molecule has 0 heterocycles. The highest BCUT2D eigenvalue weighted by molar-refractivity contribution is 6.08. The van der Waals surface area contributed by atoms with Crippen LogP contribution in [-0.2, 0) is 9.53 Å². The molecule has 19 heavy (non-hydrogen) atoms. The molecule has 0 aliphatic heterocycles. The van der Waals surface area contributed by atoms with Crippen molar-refractivity contribution in [3.05, 3.63) is 41.7 Å². The largest absolute Gasteiger partial charge is 0.502 e. The van der Waals surface area contributed by atoms with Crippen LogP contribution in [-0.4, -0.2) is 37.6 Å². The average molecular weight is 263 g/mol. The molecule has 0 aliphatic carbocycles. The number of allylic oxidation sites excluding steroid dienone is 1. The van der Waals surface area contributed by atoms with Crippen LogP contribution in [0.15, 0.2) is 36.1 Å². The van der Waals surface area contributed by atoms with E-state index in [1.54, 1.807) is 25.1 Å². The van der Waals surface area contributed by atoms with Crippen LogP contribution in [0, 0.1) is 0 Å². The van der Waals surface area contributed by atoms with Gasteiger partial charge < -0.3 is 14.7 Å². The van der Waals surface area contributed by atoms with Gasteiger partial charge in [-0.25, -0.2) is 4.79 Å². The quantitative estimate of drug-likeness (QED) is 0.380. The van der Waals surface area contributed by atoms with Crippen LogP contribution in [0.5, 0.6) is 0 Å². The maximum absolute atomic E-state index is 11.9. The fraction of sp³-hybridized carbons (Fsp3) is 0.286. The molecule has 0 fully saturated rings. The van der Waals surface area contributed by atoms with Crippen LogP contribution in [0.2, 0.25) is 0 Å². The molecule has 0 amide bonds. The molecule has 0 atom stereocenters. The standard InChI is InChI=1S/C14H17NO4/c1-4-19-14(18)13(17)9-12(16)10-6-5-7-11(8-10)15(2)3/h5-9,17H,4H2,1-3H3. The first-order chi connectivity index (χ1) is 8.95. The normalized spacial score (nSPS) is 11.0. The summed E-state index contributed by atoms with van der Waals surface area (Å²) in [4.78, 5) is 24.9. The maximum Gasteiger partial charge on any atom is 0.373 e. The van der Waals surface area contributed by atoms with E-state index < -0.39 is 17.5 Å². The third-order valence-corrected chi connectivity index (χ3v) is 2.40. The average Bonchev–Trinajstić information content (AvgIpc) is 2.39. The first-order valence-corrected chi connectivity index (χ1v) is 5.85. The Hall–Kier alpha value is -2.30. The maximum atomic E-state index is 11.9. The van der Waals surface area contributed by atoms with E-state index in [9.17, 15) is 14.7 Å². The lowest BCUT2D eigenvalue weighted by atomic mass is 10.1. The molecule has 0 unspecified atom stereocenters. The fourth-order valence-corrected chi connectivity index (χ4v) is 1.41. The predicted octanol–water partition coefficient (Wildman–Crippen LogP) is 1.94. The lowest BCUT2D eigenvalue weighted by molar-refractivity contribution is -0.141. The number of hydrogen-bond acceptors (Lipinski definition) is 5. The van der Waals surface area contributed by atoms with Crippen molar-refractivity contribution in [2.45, 2.75) is 6.92 Å². The van der Waals surface area contributed by atoms with Gasteiger partial charge in [-0.1, -0.05) is 12.1 Å². The second-order valence-electron chi connectivity index (χ2n) is 4.06. The summed E-state index contributed by atoms with van der Waals surface area (Å²) in [6.07, 6.45) is 0.868. The molecule has 1 aromatic rings. The number of nitrogens with zero attached hydrogens (tertiary/aromatic N) is 1.